The summed E-state index contributed by atoms with van der Waals surface area (Å²) >= 11 is 5.78. The van der Waals surface area contributed by atoms with Gasteiger partial charge in [0.15, 0.2) is 5.11 Å². The van der Waals surface area contributed by atoms with E-state index in [-0.39, 0.29) is 18.0 Å². The second-order valence-corrected chi connectivity index (χ2v) is 7.67. The summed E-state index contributed by atoms with van der Waals surface area (Å²) in [6.45, 7) is 4.43. The molecule has 0 unspecified atom stereocenters. The van der Waals surface area contributed by atoms with Gasteiger partial charge in [-0.25, -0.2) is 0 Å². The SMILES string of the molecule is CCn1cccc1[C@H]1[C@H](c2ccccn2)NC(=S)N1c1ccc(OC)c(NC(C)=O)c1. The van der Waals surface area contributed by atoms with E-state index in [9.17, 15) is 4.79 Å². The minimum atomic E-state index is -0.166. The Bertz CT molecular complexity index is 1100. The van der Waals surface area contributed by atoms with E-state index in [2.05, 4.69) is 44.3 Å². The summed E-state index contributed by atoms with van der Waals surface area (Å²) in [5.74, 6) is 0.423. The number of nitrogens with zero attached hydrogens (tertiary/aromatic N) is 3. The van der Waals surface area contributed by atoms with Crippen molar-refractivity contribution >= 4 is 34.6 Å². The summed E-state index contributed by atoms with van der Waals surface area (Å²) < 4.78 is 7.63. The molecular weight excluding hydrogens is 410 g/mol. The van der Waals surface area contributed by atoms with E-state index in [1.165, 1.54) is 6.92 Å². The lowest BCUT2D eigenvalue weighted by molar-refractivity contribution is -0.114. The molecule has 1 aliphatic heterocycles. The van der Waals surface area contributed by atoms with Crippen molar-refractivity contribution in [3.05, 3.63) is 72.3 Å². The summed E-state index contributed by atoms with van der Waals surface area (Å²) in [4.78, 5) is 18.4. The molecule has 0 saturated carbocycles. The summed E-state index contributed by atoms with van der Waals surface area (Å²) in [6.07, 6.45) is 3.86. The average molecular weight is 436 g/mol. The normalized spacial score (nSPS) is 18.0. The molecule has 2 atom stereocenters. The summed E-state index contributed by atoms with van der Waals surface area (Å²) in [5, 5.41) is 6.91. The topological polar surface area (TPSA) is 71.4 Å². The van der Waals surface area contributed by atoms with Crippen LogP contribution in [0, 0.1) is 0 Å². The zero-order chi connectivity index (χ0) is 22.0. The number of hydrogen-bond acceptors (Lipinski definition) is 4. The van der Waals surface area contributed by atoms with Crippen LogP contribution < -0.4 is 20.3 Å². The molecule has 3 aromatic rings. The van der Waals surface area contributed by atoms with Crippen molar-refractivity contribution in [3.63, 3.8) is 0 Å². The molecule has 3 heterocycles. The molecule has 1 fully saturated rings. The molecule has 2 N–H and O–H groups in total. The third-order valence-electron chi connectivity index (χ3n) is 5.38. The summed E-state index contributed by atoms with van der Waals surface area (Å²) in [7, 11) is 1.58. The Morgan fingerprint density at radius 1 is 1.26 bits per heavy atom. The molecule has 1 amide bonds. The molecule has 0 aliphatic carbocycles. The summed E-state index contributed by atoms with van der Waals surface area (Å²) in [6, 6.07) is 15.5. The molecular formula is C23H25N5O2S. The van der Waals surface area contributed by atoms with Crippen LogP contribution in [0.3, 0.4) is 0 Å². The second-order valence-electron chi connectivity index (χ2n) is 7.28. The molecule has 4 rings (SSSR count). The smallest absolute Gasteiger partial charge is 0.221 e. The number of aromatic nitrogens is 2. The lowest BCUT2D eigenvalue weighted by Crippen LogP contribution is -2.30. The van der Waals surface area contributed by atoms with Gasteiger partial charge in [-0.15, -0.1) is 0 Å². The predicted molar refractivity (Wildman–Crippen MR) is 125 cm³/mol. The van der Waals surface area contributed by atoms with Crippen LogP contribution in [0.25, 0.3) is 0 Å². The minimum Gasteiger partial charge on any atom is -0.495 e. The first-order chi connectivity index (χ1) is 15.0. The number of nitrogens with one attached hydrogen (secondary N) is 2. The van der Waals surface area contributed by atoms with Gasteiger partial charge in [-0.2, -0.15) is 0 Å². The van der Waals surface area contributed by atoms with E-state index < -0.39 is 0 Å². The number of anilines is 2. The largest absolute Gasteiger partial charge is 0.495 e. The number of carbonyl (C=O) groups excluding carboxylic acids is 1. The third kappa shape index (κ3) is 3.98. The monoisotopic (exact) mass is 435 g/mol. The van der Waals surface area contributed by atoms with Crippen LogP contribution in [0.1, 0.15) is 37.3 Å². The van der Waals surface area contributed by atoms with Crippen molar-refractivity contribution < 1.29 is 9.53 Å². The minimum absolute atomic E-state index is 0.115. The molecule has 160 valence electrons. The number of hydrogen-bond donors (Lipinski definition) is 2. The molecule has 1 saturated heterocycles. The third-order valence-corrected chi connectivity index (χ3v) is 5.69. The predicted octanol–water partition coefficient (Wildman–Crippen LogP) is 4.05. The Labute approximate surface area is 187 Å². The first-order valence-corrected chi connectivity index (χ1v) is 10.6. The number of rotatable bonds is 6. The molecule has 2 aromatic heterocycles. The van der Waals surface area contributed by atoms with E-state index in [0.29, 0.717) is 16.5 Å². The Morgan fingerprint density at radius 2 is 2.10 bits per heavy atom. The lowest BCUT2D eigenvalue weighted by Gasteiger charge is -2.29. The quantitative estimate of drug-likeness (QED) is 0.570. The Kier molecular flexibility index (Phi) is 5.90. The fourth-order valence-electron chi connectivity index (χ4n) is 4.05. The fourth-order valence-corrected chi connectivity index (χ4v) is 4.40. The number of benzene rings is 1. The van der Waals surface area contributed by atoms with Gasteiger partial charge in [0.2, 0.25) is 5.91 Å². The van der Waals surface area contributed by atoms with Gasteiger partial charge in [-0.05, 0) is 61.6 Å². The van der Waals surface area contributed by atoms with Crippen LogP contribution in [0.15, 0.2) is 60.9 Å². The fraction of sp³-hybridized carbons (Fsp3) is 0.261. The lowest BCUT2D eigenvalue weighted by atomic mass is 10.0. The van der Waals surface area contributed by atoms with Gasteiger partial charge in [0.1, 0.15) is 11.8 Å². The molecule has 1 aliphatic rings. The van der Waals surface area contributed by atoms with Gasteiger partial charge >= 0.3 is 0 Å². The van der Waals surface area contributed by atoms with Gasteiger partial charge in [0.25, 0.3) is 0 Å². The highest BCUT2D eigenvalue weighted by Gasteiger charge is 2.42. The second kappa shape index (κ2) is 8.77. The van der Waals surface area contributed by atoms with E-state index >= 15 is 0 Å². The van der Waals surface area contributed by atoms with Crippen molar-refractivity contribution in [2.24, 2.45) is 0 Å². The van der Waals surface area contributed by atoms with Crippen LogP contribution in [0.4, 0.5) is 11.4 Å². The van der Waals surface area contributed by atoms with Crippen molar-refractivity contribution in [2.75, 3.05) is 17.3 Å². The van der Waals surface area contributed by atoms with Crippen molar-refractivity contribution in [2.45, 2.75) is 32.5 Å². The first kappa shape index (κ1) is 20.9. The highest BCUT2D eigenvalue weighted by atomic mass is 32.1. The Hall–Kier alpha value is -3.39. The number of thiocarbonyl (C=S) groups is 1. The molecule has 1 aromatic carbocycles. The highest BCUT2D eigenvalue weighted by Crippen LogP contribution is 2.43. The van der Waals surface area contributed by atoms with Crippen molar-refractivity contribution in [1.82, 2.24) is 14.9 Å². The van der Waals surface area contributed by atoms with Gasteiger partial charge in [-0.3, -0.25) is 9.78 Å². The van der Waals surface area contributed by atoms with Gasteiger partial charge in [0, 0.05) is 37.2 Å². The Morgan fingerprint density at radius 3 is 2.77 bits per heavy atom. The average Bonchev–Trinajstić information content (AvgIpc) is 3.37. The van der Waals surface area contributed by atoms with Crippen molar-refractivity contribution in [3.8, 4) is 5.75 Å². The van der Waals surface area contributed by atoms with Crippen LogP contribution >= 0.6 is 12.2 Å². The number of carbonyl (C=O) groups is 1. The van der Waals surface area contributed by atoms with Gasteiger partial charge in [0.05, 0.1) is 24.5 Å². The number of amides is 1. The van der Waals surface area contributed by atoms with Gasteiger partial charge in [-0.1, -0.05) is 6.07 Å². The highest BCUT2D eigenvalue weighted by molar-refractivity contribution is 7.80. The maximum absolute atomic E-state index is 11.7. The van der Waals surface area contributed by atoms with Crippen LogP contribution in [0.2, 0.25) is 0 Å². The van der Waals surface area contributed by atoms with Crippen LogP contribution in [-0.2, 0) is 11.3 Å². The zero-order valence-corrected chi connectivity index (χ0v) is 18.5. The molecule has 31 heavy (non-hydrogen) atoms. The number of pyridine rings is 1. The van der Waals surface area contributed by atoms with Crippen LogP contribution in [0.5, 0.6) is 5.75 Å². The number of ether oxygens (including phenoxy) is 1. The molecule has 7 nitrogen and oxygen atoms in total. The number of aryl methyl sites for hydroxylation is 1. The molecule has 0 radical (unpaired) electrons. The summed E-state index contributed by atoms with van der Waals surface area (Å²) in [5.41, 5.74) is 3.50. The van der Waals surface area contributed by atoms with E-state index in [1.807, 2.05) is 42.5 Å². The number of methoxy groups -OCH3 is 1. The maximum Gasteiger partial charge on any atom is 0.221 e. The van der Waals surface area contributed by atoms with Crippen LogP contribution in [-0.4, -0.2) is 27.7 Å². The van der Waals surface area contributed by atoms with E-state index in [1.54, 1.807) is 13.3 Å². The zero-order valence-electron chi connectivity index (χ0n) is 17.7. The van der Waals surface area contributed by atoms with Crippen molar-refractivity contribution in [1.29, 1.82) is 0 Å². The van der Waals surface area contributed by atoms with E-state index in [0.717, 1.165) is 23.6 Å². The molecule has 8 heteroatoms. The molecule has 0 bridgehead atoms. The van der Waals surface area contributed by atoms with E-state index in [4.69, 9.17) is 17.0 Å². The Balaban J connectivity index is 1.83. The standard InChI is InChI=1S/C23H25N5O2S/c1-4-27-13-7-9-19(27)22-21(17-8-5-6-12-24-17)26-23(31)28(22)16-10-11-20(30-3)18(14-16)25-15(2)29/h5-14,21-22H,4H2,1-3H3,(H,25,29)(H,26,31)/t21-,22-/m0/s1. The molecule has 0 spiro atoms. The maximum atomic E-state index is 11.7. The first-order valence-electron chi connectivity index (χ1n) is 10.1. The van der Waals surface area contributed by atoms with Gasteiger partial charge < -0.3 is 24.8 Å².